The van der Waals surface area contributed by atoms with Crippen molar-refractivity contribution in [2.45, 2.75) is 6.54 Å². The van der Waals surface area contributed by atoms with Crippen molar-refractivity contribution < 1.29 is 9.13 Å². The smallest absolute Gasteiger partial charge is 0.141 e. The van der Waals surface area contributed by atoms with Crippen molar-refractivity contribution in [2.75, 3.05) is 19.8 Å². The van der Waals surface area contributed by atoms with Crippen LogP contribution < -0.4 is 5.73 Å². The van der Waals surface area contributed by atoms with E-state index in [9.17, 15) is 4.39 Å². The summed E-state index contributed by atoms with van der Waals surface area (Å²) in [5.41, 5.74) is 8.28. The van der Waals surface area contributed by atoms with E-state index in [0.29, 0.717) is 26.3 Å². The molecule has 3 aromatic rings. The fourth-order valence-electron chi connectivity index (χ4n) is 2.46. The minimum Gasteiger partial charge on any atom is -0.378 e. The molecular formula is C17H18FN3O. The van der Waals surface area contributed by atoms with Gasteiger partial charge < -0.3 is 15.0 Å². The number of benzene rings is 2. The van der Waals surface area contributed by atoms with Crippen molar-refractivity contribution in [2.24, 2.45) is 5.73 Å². The van der Waals surface area contributed by atoms with Crippen molar-refractivity contribution in [1.29, 1.82) is 0 Å². The average molecular weight is 299 g/mol. The predicted octanol–water partition coefficient (Wildman–Crippen LogP) is 2.82. The number of hydrogen-bond acceptors (Lipinski definition) is 3. The Morgan fingerprint density at radius 3 is 2.59 bits per heavy atom. The molecule has 0 spiro atoms. The van der Waals surface area contributed by atoms with Gasteiger partial charge in [-0.3, -0.25) is 0 Å². The van der Waals surface area contributed by atoms with Crippen LogP contribution in [0.5, 0.6) is 0 Å². The summed E-state index contributed by atoms with van der Waals surface area (Å²) in [4.78, 5) is 4.67. The monoisotopic (exact) mass is 299 g/mol. The Hall–Kier alpha value is -2.24. The number of nitrogens with two attached hydrogens (primary N) is 1. The fourth-order valence-corrected chi connectivity index (χ4v) is 2.46. The number of fused-ring (bicyclic) bond motifs is 1. The summed E-state index contributed by atoms with van der Waals surface area (Å²) in [7, 11) is 0. The van der Waals surface area contributed by atoms with Gasteiger partial charge >= 0.3 is 0 Å². The van der Waals surface area contributed by atoms with Gasteiger partial charge in [-0.25, -0.2) is 9.37 Å². The Morgan fingerprint density at radius 2 is 1.82 bits per heavy atom. The maximum atomic E-state index is 13.1. The first-order chi connectivity index (χ1) is 10.8. The molecule has 0 amide bonds. The second-order valence-electron chi connectivity index (χ2n) is 4.98. The van der Waals surface area contributed by atoms with Crippen molar-refractivity contribution in [3.63, 3.8) is 0 Å². The van der Waals surface area contributed by atoms with Gasteiger partial charge in [0.25, 0.3) is 0 Å². The molecule has 0 aliphatic rings. The highest BCUT2D eigenvalue weighted by Gasteiger charge is 2.12. The molecule has 1 aromatic heterocycles. The number of halogens is 1. The summed E-state index contributed by atoms with van der Waals surface area (Å²) in [6, 6.07) is 14.3. The van der Waals surface area contributed by atoms with Crippen molar-refractivity contribution in [3.05, 3.63) is 54.3 Å². The quantitative estimate of drug-likeness (QED) is 0.712. The maximum Gasteiger partial charge on any atom is 0.141 e. The van der Waals surface area contributed by atoms with E-state index in [1.807, 2.05) is 24.3 Å². The molecule has 0 atom stereocenters. The number of ether oxygens (including phenoxy) is 1. The molecule has 3 rings (SSSR count). The second kappa shape index (κ2) is 6.68. The lowest BCUT2D eigenvalue weighted by Gasteiger charge is -2.09. The summed E-state index contributed by atoms with van der Waals surface area (Å²) in [6.45, 7) is 2.28. The van der Waals surface area contributed by atoms with Crippen LogP contribution in [0.25, 0.3) is 22.4 Å². The third-order valence-electron chi connectivity index (χ3n) is 3.48. The molecule has 2 aromatic carbocycles. The number of imidazole rings is 1. The molecule has 0 aliphatic carbocycles. The van der Waals surface area contributed by atoms with Crippen LogP contribution >= 0.6 is 0 Å². The third-order valence-corrected chi connectivity index (χ3v) is 3.48. The van der Waals surface area contributed by atoms with Crippen LogP contribution in [0.4, 0.5) is 4.39 Å². The number of rotatable bonds is 6. The van der Waals surface area contributed by atoms with Gasteiger partial charge in [0, 0.05) is 18.7 Å². The Morgan fingerprint density at radius 1 is 1.05 bits per heavy atom. The molecule has 114 valence electrons. The van der Waals surface area contributed by atoms with Gasteiger partial charge in [0.15, 0.2) is 0 Å². The summed E-state index contributed by atoms with van der Waals surface area (Å²) in [5, 5.41) is 0. The van der Waals surface area contributed by atoms with Gasteiger partial charge in [0.1, 0.15) is 11.6 Å². The van der Waals surface area contributed by atoms with Crippen molar-refractivity contribution in [3.8, 4) is 11.4 Å². The highest BCUT2D eigenvalue weighted by molar-refractivity contribution is 5.80. The van der Waals surface area contributed by atoms with Crippen LogP contribution in [-0.4, -0.2) is 29.3 Å². The van der Waals surface area contributed by atoms with E-state index in [0.717, 1.165) is 22.4 Å². The number of para-hydroxylation sites is 2. The van der Waals surface area contributed by atoms with Gasteiger partial charge in [0.05, 0.1) is 24.2 Å². The molecule has 4 nitrogen and oxygen atoms in total. The zero-order valence-electron chi connectivity index (χ0n) is 12.2. The van der Waals surface area contributed by atoms with E-state index in [1.54, 1.807) is 12.1 Å². The van der Waals surface area contributed by atoms with Gasteiger partial charge in [0.2, 0.25) is 0 Å². The molecule has 0 fully saturated rings. The molecule has 1 heterocycles. The van der Waals surface area contributed by atoms with Crippen molar-refractivity contribution in [1.82, 2.24) is 9.55 Å². The zero-order chi connectivity index (χ0) is 15.4. The molecule has 0 unspecified atom stereocenters. The van der Waals surface area contributed by atoms with Crippen LogP contribution in [0.15, 0.2) is 48.5 Å². The van der Waals surface area contributed by atoms with Crippen LogP contribution in [0, 0.1) is 5.82 Å². The van der Waals surface area contributed by atoms with E-state index in [-0.39, 0.29) is 5.82 Å². The van der Waals surface area contributed by atoms with Crippen LogP contribution in [0.2, 0.25) is 0 Å². The molecular weight excluding hydrogens is 281 g/mol. The molecule has 0 saturated heterocycles. The van der Waals surface area contributed by atoms with E-state index < -0.39 is 0 Å². The SMILES string of the molecule is NCCOCCn1c(-c2ccc(F)cc2)nc2ccccc21. The number of hydrogen-bond donors (Lipinski definition) is 1. The van der Waals surface area contributed by atoms with Gasteiger partial charge in [-0.2, -0.15) is 0 Å². The average Bonchev–Trinajstić information content (AvgIpc) is 2.91. The molecule has 0 saturated carbocycles. The fraction of sp³-hybridized carbons (Fsp3) is 0.235. The molecule has 5 heteroatoms. The normalized spacial score (nSPS) is 11.2. The topological polar surface area (TPSA) is 53.1 Å². The van der Waals surface area contributed by atoms with Crippen molar-refractivity contribution >= 4 is 11.0 Å². The molecule has 22 heavy (non-hydrogen) atoms. The molecule has 0 aliphatic heterocycles. The Balaban J connectivity index is 1.98. The minimum atomic E-state index is -0.252. The minimum absolute atomic E-state index is 0.252. The predicted molar refractivity (Wildman–Crippen MR) is 85.0 cm³/mol. The largest absolute Gasteiger partial charge is 0.378 e. The van der Waals surface area contributed by atoms with Crippen LogP contribution in [0.3, 0.4) is 0 Å². The molecule has 2 N–H and O–H groups in total. The highest BCUT2D eigenvalue weighted by atomic mass is 19.1. The Kier molecular flexibility index (Phi) is 4.46. The van der Waals surface area contributed by atoms with E-state index in [1.165, 1.54) is 12.1 Å². The van der Waals surface area contributed by atoms with Crippen LogP contribution in [-0.2, 0) is 11.3 Å². The van der Waals surface area contributed by atoms with Crippen LogP contribution in [0.1, 0.15) is 0 Å². The maximum absolute atomic E-state index is 13.1. The summed E-state index contributed by atoms with van der Waals surface area (Å²) in [6.07, 6.45) is 0. The first kappa shape index (κ1) is 14.7. The summed E-state index contributed by atoms with van der Waals surface area (Å²) < 4.78 is 20.7. The van der Waals surface area contributed by atoms with E-state index >= 15 is 0 Å². The number of aromatic nitrogens is 2. The van der Waals surface area contributed by atoms with E-state index in [4.69, 9.17) is 10.5 Å². The Bertz CT molecular complexity index is 752. The lowest BCUT2D eigenvalue weighted by Crippen LogP contribution is -2.13. The number of nitrogens with zero attached hydrogens (tertiary/aromatic N) is 2. The highest BCUT2D eigenvalue weighted by Crippen LogP contribution is 2.24. The summed E-state index contributed by atoms with van der Waals surface area (Å²) >= 11 is 0. The lowest BCUT2D eigenvalue weighted by atomic mass is 10.2. The summed E-state index contributed by atoms with van der Waals surface area (Å²) in [5.74, 6) is 0.565. The van der Waals surface area contributed by atoms with Gasteiger partial charge in [-0.05, 0) is 36.4 Å². The lowest BCUT2D eigenvalue weighted by molar-refractivity contribution is 0.134. The Labute approximate surface area is 128 Å². The van der Waals surface area contributed by atoms with Gasteiger partial charge in [-0.1, -0.05) is 12.1 Å². The van der Waals surface area contributed by atoms with Gasteiger partial charge in [-0.15, -0.1) is 0 Å². The molecule has 0 bridgehead atoms. The second-order valence-corrected chi connectivity index (χ2v) is 4.98. The zero-order valence-corrected chi connectivity index (χ0v) is 12.2. The standard InChI is InChI=1S/C17H18FN3O/c18-14-7-5-13(6-8-14)17-20-15-3-1-2-4-16(15)21(17)10-12-22-11-9-19/h1-8H,9-12,19H2. The molecule has 0 radical (unpaired) electrons. The first-order valence-corrected chi connectivity index (χ1v) is 7.28. The van der Waals surface area contributed by atoms with E-state index in [2.05, 4.69) is 9.55 Å². The first-order valence-electron chi connectivity index (χ1n) is 7.28. The third kappa shape index (κ3) is 3.00.